The molecule has 0 bridgehead atoms. The summed E-state index contributed by atoms with van der Waals surface area (Å²) >= 11 is 11.6. The Bertz CT molecular complexity index is 604. The number of halogens is 3. The van der Waals surface area contributed by atoms with Crippen molar-refractivity contribution in [2.45, 2.75) is 12.5 Å². The lowest BCUT2D eigenvalue weighted by Gasteiger charge is -2.14. The van der Waals surface area contributed by atoms with E-state index in [1.807, 2.05) is 0 Å². The van der Waals surface area contributed by atoms with Crippen LogP contribution in [0.15, 0.2) is 36.4 Å². The Morgan fingerprint density at radius 1 is 1.21 bits per heavy atom. The minimum absolute atomic E-state index is 0.0223. The number of nitrogens with two attached hydrogens (primary N) is 1. The quantitative estimate of drug-likeness (QED) is 0.842. The van der Waals surface area contributed by atoms with Gasteiger partial charge in [-0.15, -0.1) is 0 Å². The van der Waals surface area contributed by atoms with E-state index in [1.165, 1.54) is 6.07 Å². The van der Waals surface area contributed by atoms with Crippen LogP contribution >= 0.6 is 23.2 Å². The van der Waals surface area contributed by atoms with Gasteiger partial charge in [0.05, 0.1) is 11.1 Å². The van der Waals surface area contributed by atoms with Gasteiger partial charge in [0.1, 0.15) is 5.82 Å². The van der Waals surface area contributed by atoms with Crippen LogP contribution in [-0.4, -0.2) is 5.11 Å². The van der Waals surface area contributed by atoms with E-state index in [0.29, 0.717) is 21.8 Å². The molecule has 0 heterocycles. The highest BCUT2D eigenvalue weighted by atomic mass is 35.5. The third kappa shape index (κ3) is 3.18. The van der Waals surface area contributed by atoms with Gasteiger partial charge in [-0.05, 0) is 23.8 Å². The van der Waals surface area contributed by atoms with Crippen LogP contribution in [-0.2, 0) is 6.42 Å². The van der Waals surface area contributed by atoms with Crippen molar-refractivity contribution in [2.75, 3.05) is 5.73 Å². The number of aliphatic hydroxyl groups is 1. The molecule has 1 atom stereocenters. The molecule has 19 heavy (non-hydrogen) atoms. The average molecular weight is 300 g/mol. The van der Waals surface area contributed by atoms with Crippen LogP contribution in [0.5, 0.6) is 0 Å². The summed E-state index contributed by atoms with van der Waals surface area (Å²) in [5, 5.41) is 10.7. The first-order valence-electron chi connectivity index (χ1n) is 5.65. The van der Waals surface area contributed by atoms with E-state index in [2.05, 4.69) is 0 Å². The first-order valence-corrected chi connectivity index (χ1v) is 6.40. The van der Waals surface area contributed by atoms with Gasteiger partial charge in [-0.1, -0.05) is 41.4 Å². The molecule has 2 aromatic carbocycles. The van der Waals surface area contributed by atoms with E-state index in [0.717, 1.165) is 0 Å². The number of nitrogen functional groups attached to an aromatic ring is 1. The topological polar surface area (TPSA) is 46.2 Å². The largest absolute Gasteiger partial charge is 0.398 e. The van der Waals surface area contributed by atoms with Gasteiger partial charge in [-0.2, -0.15) is 0 Å². The summed E-state index contributed by atoms with van der Waals surface area (Å²) < 4.78 is 13.3. The Balaban J connectivity index is 2.25. The van der Waals surface area contributed by atoms with Crippen LogP contribution in [0.1, 0.15) is 17.2 Å². The lowest BCUT2D eigenvalue weighted by atomic mass is 10.00. The predicted octanol–water partition coefficient (Wildman–Crippen LogP) is 3.99. The van der Waals surface area contributed by atoms with Crippen molar-refractivity contribution in [3.63, 3.8) is 0 Å². The van der Waals surface area contributed by atoms with Crippen molar-refractivity contribution in [1.29, 1.82) is 0 Å². The van der Waals surface area contributed by atoms with Crippen molar-refractivity contribution in [2.24, 2.45) is 0 Å². The maximum absolute atomic E-state index is 13.3. The summed E-state index contributed by atoms with van der Waals surface area (Å²) in [6.07, 6.45) is -0.681. The number of hydrogen-bond acceptors (Lipinski definition) is 2. The van der Waals surface area contributed by atoms with Crippen LogP contribution < -0.4 is 5.73 Å². The van der Waals surface area contributed by atoms with E-state index in [1.54, 1.807) is 30.3 Å². The fraction of sp³-hybridized carbons (Fsp3) is 0.143. The lowest BCUT2D eigenvalue weighted by Crippen LogP contribution is -2.06. The van der Waals surface area contributed by atoms with Gasteiger partial charge in [0.2, 0.25) is 0 Å². The van der Waals surface area contributed by atoms with Gasteiger partial charge in [0.15, 0.2) is 0 Å². The molecule has 0 aromatic heterocycles. The second-order valence-corrected chi connectivity index (χ2v) is 5.02. The van der Waals surface area contributed by atoms with Crippen LogP contribution in [0.4, 0.5) is 10.1 Å². The molecule has 100 valence electrons. The van der Waals surface area contributed by atoms with Gasteiger partial charge >= 0.3 is 0 Å². The van der Waals surface area contributed by atoms with E-state index in [9.17, 15) is 9.50 Å². The highest BCUT2D eigenvalue weighted by Crippen LogP contribution is 2.29. The van der Waals surface area contributed by atoms with Gasteiger partial charge in [-0.25, -0.2) is 4.39 Å². The normalized spacial score (nSPS) is 12.4. The van der Waals surface area contributed by atoms with E-state index in [-0.39, 0.29) is 11.4 Å². The summed E-state index contributed by atoms with van der Waals surface area (Å²) in [6.45, 7) is 0. The Morgan fingerprint density at radius 3 is 2.63 bits per heavy atom. The molecule has 0 aliphatic heterocycles. The molecular formula is C14H12Cl2FNO. The highest BCUT2D eigenvalue weighted by molar-refractivity contribution is 6.31. The SMILES string of the molecule is Nc1cc(Cl)ccc1C(O)Cc1cccc(F)c1Cl. The molecule has 2 aromatic rings. The first-order chi connectivity index (χ1) is 8.99. The molecule has 0 aliphatic carbocycles. The molecule has 2 rings (SSSR count). The molecule has 0 fully saturated rings. The minimum Gasteiger partial charge on any atom is -0.398 e. The Kier molecular flexibility index (Phi) is 4.30. The van der Waals surface area contributed by atoms with Gasteiger partial charge in [0, 0.05) is 22.7 Å². The molecule has 0 aliphatic rings. The first kappa shape index (κ1) is 14.1. The van der Waals surface area contributed by atoms with Crippen molar-refractivity contribution in [1.82, 2.24) is 0 Å². The maximum Gasteiger partial charge on any atom is 0.142 e. The standard InChI is InChI=1S/C14H12Cl2FNO/c15-9-4-5-10(12(18)7-9)13(19)6-8-2-1-3-11(17)14(8)16/h1-5,7,13,19H,6,18H2. The molecule has 5 heteroatoms. The molecule has 2 nitrogen and oxygen atoms in total. The van der Waals surface area contributed by atoms with Gasteiger partial charge in [0.25, 0.3) is 0 Å². The molecule has 0 saturated heterocycles. The molecular weight excluding hydrogens is 288 g/mol. The average Bonchev–Trinajstić information content (AvgIpc) is 2.34. The zero-order valence-electron chi connectivity index (χ0n) is 9.91. The van der Waals surface area contributed by atoms with Crippen molar-refractivity contribution >= 4 is 28.9 Å². The Hall–Kier alpha value is -1.29. The van der Waals surface area contributed by atoms with E-state index in [4.69, 9.17) is 28.9 Å². The number of anilines is 1. The fourth-order valence-electron chi connectivity index (χ4n) is 1.87. The zero-order valence-corrected chi connectivity index (χ0v) is 11.4. The third-order valence-electron chi connectivity index (χ3n) is 2.85. The monoisotopic (exact) mass is 299 g/mol. The number of rotatable bonds is 3. The lowest BCUT2D eigenvalue weighted by molar-refractivity contribution is 0.179. The second-order valence-electron chi connectivity index (χ2n) is 4.21. The third-order valence-corrected chi connectivity index (χ3v) is 3.51. The van der Waals surface area contributed by atoms with E-state index < -0.39 is 11.9 Å². The smallest absolute Gasteiger partial charge is 0.142 e. The fourth-order valence-corrected chi connectivity index (χ4v) is 2.26. The Morgan fingerprint density at radius 2 is 1.95 bits per heavy atom. The highest BCUT2D eigenvalue weighted by Gasteiger charge is 2.15. The molecule has 0 saturated carbocycles. The zero-order chi connectivity index (χ0) is 14.0. The van der Waals surface area contributed by atoms with Crippen molar-refractivity contribution in [3.05, 3.63) is 63.4 Å². The summed E-state index contributed by atoms with van der Waals surface area (Å²) in [5.41, 5.74) is 7.27. The minimum atomic E-state index is -0.864. The number of benzene rings is 2. The second kappa shape index (κ2) is 5.78. The van der Waals surface area contributed by atoms with Crippen LogP contribution in [0.2, 0.25) is 10.0 Å². The van der Waals surface area contributed by atoms with Crippen LogP contribution in [0, 0.1) is 5.82 Å². The van der Waals surface area contributed by atoms with Crippen LogP contribution in [0.3, 0.4) is 0 Å². The molecule has 0 amide bonds. The summed E-state index contributed by atoms with van der Waals surface area (Å²) in [7, 11) is 0. The summed E-state index contributed by atoms with van der Waals surface area (Å²) in [5.74, 6) is -0.504. The Labute approximate surface area is 120 Å². The number of hydrogen-bond donors (Lipinski definition) is 2. The summed E-state index contributed by atoms with van der Waals surface area (Å²) in [6, 6.07) is 9.34. The maximum atomic E-state index is 13.3. The molecule has 3 N–H and O–H groups in total. The van der Waals surface area contributed by atoms with Crippen molar-refractivity contribution < 1.29 is 9.50 Å². The molecule has 1 unspecified atom stereocenters. The molecule has 0 radical (unpaired) electrons. The number of aliphatic hydroxyl groups excluding tert-OH is 1. The van der Waals surface area contributed by atoms with Gasteiger partial charge < -0.3 is 10.8 Å². The van der Waals surface area contributed by atoms with Gasteiger partial charge in [-0.3, -0.25) is 0 Å². The summed E-state index contributed by atoms with van der Waals surface area (Å²) in [4.78, 5) is 0. The van der Waals surface area contributed by atoms with Crippen molar-refractivity contribution in [3.8, 4) is 0 Å². The van der Waals surface area contributed by atoms with Crippen LogP contribution in [0.25, 0.3) is 0 Å². The molecule has 0 spiro atoms. The predicted molar refractivity (Wildman–Crippen MR) is 75.9 cm³/mol. The van der Waals surface area contributed by atoms with E-state index >= 15 is 0 Å².